The van der Waals surface area contributed by atoms with Gasteiger partial charge in [-0.2, -0.15) is 10.5 Å². The van der Waals surface area contributed by atoms with Crippen molar-refractivity contribution in [1.82, 2.24) is 0 Å². The van der Waals surface area contributed by atoms with Crippen LogP contribution in [0.5, 0.6) is 11.5 Å². The molecule has 3 nitrogen and oxygen atoms in total. The fourth-order valence-corrected chi connectivity index (χ4v) is 2.67. The fraction of sp³-hybridized carbons (Fsp3) is 0.143. The maximum atomic E-state index is 9.35. The van der Waals surface area contributed by atoms with Crippen LogP contribution in [0.4, 0.5) is 0 Å². The number of fused-ring (bicyclic) bond motifs is 2. The van der Waals surface area contributed by atoms with Crippen LogP contribution in [-0.4, -0.2) is 0 Å². The molecule has 0 amide bonds. The summed E-state index contributed by atoms with van der Waals surface area (Å²) in [5.74, 6) is 1.78. The molecule has 2 aromatic rings. The molecule has 0 atom stereocenters. The maximum Gasteiger partial charge on any atom is 0.138 e. The van der Waals surface area contributed by atoms with Crippen LogP contribution in [0.1, 0.15) is 30.5 Å². The van der Waals surface area contributed by atoms with Crippen molar-refractivity contribution in [3.63, 3.8) is 0 Å². The van der Waals surface area contributed by atoms with Gasteiger partial charge in [0, 0.05) is 16.7 Å². The topological polar surface area (TPSA) is 56.8 Å². The number of hydrogen-bond donors (Lipinski definition) is 0. The summed E-state index contributed by atoms with van der Waals surface area (Å²) in [6, 6.07) is 17.3. The van der Waals surface area contributed by atoms with Gasteiger partial charge in [0.15, 0.2) is 0 Å². The molecule has 0 fully saturated rings. The van der Waals surface area contributed by atoms with Crippen molar-refractivity contribution in [2.45, 2.75) is 13.8 Å². The Bertz CT molecular complexity index is 921. The third kappa shape index (κ3) is 2.81. The highest BCUT2D eigenvalue weighted by atomic mass is 16.5. The van der Waals surface area contributed by atoms with Crippen molar-refractivity contribution >= 4 is 11.6 Å². The lowest BCUT2D eigenvalue weighted by Gasteiger charge is -2.23. The summed E-state index contributed by atoms with van der Waals surface area (Å²) in [7, 11) is 0. The van der Waals surface area contributed by atoms with Gasteiger partial charge < -0.3 is 4.74 Å². The van der Waals surface area contributed by atoms with E-state index in [1.807, 2.05) is 60.7 Å². The largest absolute Gasteiger partial charge is 0.456 e. The molecule has 116 valence electrons. The van der Waals surface area contributed by atoms with Crippen molar-refractivity contribution in [3.05, 3.63) is 70.8 Å². The normalized spacial score (nSPS) is 12.1. The number of allylic oxidation sites excluding steroid dienone is 2. The standard InChI is InChI=1S/C21H16N2O/c1-14(2)7-8-15-9-10-18-20(11-15)24-19-6-4-3-5-17(19)21(18)16(12-22)13-23/h3-11,14H,1-2H3/b8-7+. The van der Waals surface area contributed by atoms with Gasteiger partial charge in [-0.15, -0.1) is 0 Å². The van der Waals surface area contributed by atoms with Crippen LogP contribution in [0.25, 0.3) is 11.6 Å². The van der Waals surface area contributed by atoms with Gasteiger partial charge in [0.05, 0.1) is 0 Å². The third-order valence-corrected chi connectivity index (χ3v) is 3.80. The van der Waals surface area contributed by atoms with Crippen molar-refractivity contribution in [2.75, 3.05) is 0 Å². The highest BCUT2D eigenvalue weighted by Gasteiger charge is 2.24. The second-order valence-electron chi connectivity index (χ2n) is 5.93. The van der Waals surface area contributed by atoms with E-state index in [0.29, 0.717) is 23.0 Å². The number of para-hydroxylation sites is 1. The van der Waals surface area contributed by atoms with Crippen LogP contribution >= 0.6 is 0 Å². The molecule has 24 heavy (non-hydrogen) atoms. The van der Waals surface area contributed by atoms with Crippen molar-refractivity contribution in [3.8, 4) is 23.6 Å². The summed E-state index contributed by atoms with van der Waals surface area (Å²) in [6.07, 6.45) is 4.17. The first-order valence-corrected chi connectivity index (χ1v) is 7.78. The Kier molecular flexibility index (Phi) is 4.18. The molecule has 1 aliphatic heterocycles. The molecule has 0 unspecified atom stereocenters. The predicted octanol–water partition coefficient (Wildman–Crippen LogP) is 5.31. The lowest BCUT2D eigenvalue weighted by molar-refractivity contribution is 0.474. The van der Waals surface area contributed by atoms with E-state index in [9.17, 15) is 10.5 Å². The summed E-state index contributed by atoms with van der Waals surface area (Å²) in [4.78, 5) is 0. The van der Waals surface area contributed by atoms with Crippen LogP contribution in [0.2, 0.25) is 0 Å². The first-order valence-electron chi connectivity index (χ1n) is 7.78. The summed E-state index contributed by atoms with van der Waals surface area (Å²) in [6.45, 7) is 4.24. The van der Waals surface area contributed by atoms with Gasteiger partial charge in [0.25, 0.3) is 0 Å². The van der Waals surface area contributed by atoms with E-state index >= 15 is 0 Å². The van der Waals surface area contributed by atoms with Crippen LogP contribution in [-0.2, 0) is 0 Å². The molecule has 0 saturated heterocycles. The van der Waals surface area contributed by atoms with E-state index < -0.39 is 0 Å². The first-order chi connectivity index (χ1) is 11.6. The van der Waals surface area contributed by atoms with Crippen molar-refractivity contribution in [2.24, 2.45) is 5.92 Å². The minimum absolute atomic E-state index is 0.0949. The Morgan fingerprint density at radius 2 is 1.71 bits per heavy atom. The lowest BCUT2D eigenvalue weighted by atomic mass is 9.90. The Morgan fingerprint density at radius 1 is 1.00 bits per heavy atom. The Morgan fingerprint density at radius 3 is 2.42 bits per heavy atom. The van der Waals surface area contributed by atoms with Crippen molar-refractivity contribution < 1.29 is 4.74 Å². The number of benzene rings is 2. The molecule has 0 spiro atoms. The Hall–Kier alpha value is -3.30. The van der Waals surface area contributed by atoms with Crippen LogP contribution in [0.15, 0.2) is 54.1 Å². The molecule has 1 heterocycles. The monoisotopic (exact) mass is 312 g/mol. The minimum Gasteiger partial charge on any atom is -0.456 e. The van der Waals surface area contributed by atoms with Gasteiger partial charge in [-0.25, -0.2) is 0 Å². The average Bonchev–Trinajstić information content (AvgIpc) is 2.60. The molecule has 3 rings (SSSR count). The third-order valence-electron chi connectivity index (χ3n) is 3.80. The summed E-state index contributed by atoms with van der Waals surface area (Å²) >= 11 is 0. The average molecular weight is 312 g/mol. The highest BCUT2D eigenvalue weighted by molar-refractivity contribution is 5.93. The van der Waals surface area contributed by atoms with Gasteiger partial charge in [-0.3, -0.25) is 0 Å². The number of ether oxygens (including phenoxy) is 1. The van der Waals surface area contributed by atoms with E-state index in [0.717, 1.165) is 16.7 Å². The molecule has 0 bridgehead atoms. The molecular weight excluding hydrogens is 296 g/mol. The molecule has 0 aliphatic carbocycles. The van der Waals surface area contributed by atoms with Crippen LogP contribution in [0.3, 0.4) is 0 Å². The quantitative estimate of drug-likeness (QED) is 0.602. The van der Waals surface area contributed by atoms with Crippen LogP contribution in [0, 0.1) is 28.6 Å². The van der Waals surface area contributed by atoms with E-state index in [2.05, 4.69) is 19.9 Å². The van der Waals surface area contributed by atoms with Crippen LogP contribution < -0.4 is 4.74 Å². The zero-order chi connectivity index (χ0) is 17.1. The molecule has 0 saturated carbocycles. The second-order valence-corrected chi connectivity index (χ2v) is 5.93. The van der Waals surface area contributed by atoms with E-state index in [1.54, 1.807) is 0 Å². The Balaban J connectivity index is 2.20. The van der Waals surface area contributed by atoms with E-state index in [-0.39, 0.29) is 5.57 Å². The first kappa shape index (κ1) is 15.6. The maximum absolute atomic E-state index is 9.35. The zero-order valence-corrected chi connectivity index (χ0v) is 13.6. The Labute approximate surface area is 141 Å². The molecule has 1 aliphatic rings. The molecule has 0 aromatic heterocycles. The van der Waals surface area contributed by atoms with E-state index in [4.69, 9.17) is 4.74 Å². The molecule has 2 aromatic carbocycles. The lowest BCUT2D eigenvalue weighted by Crippen LogP contribution is -2.04. The number of hydrogen-bond acceptors (Lipinski definition) is 3. The zero-order valence-electron chi connectivity index (χ0n) is 13.6. The SMILES string of the molecule is CC(C)/C=C/c1ccc2c(c1)Oc1ccccc1C2=C(C#N)C#N. The summed E-state index contributed by atoms with van der Waals surface area (Å²) in [5.41, 5.74) is 3.30. The van der Waals surface area contributed by atoms with Gasteiger partial charge in [-0.1, -0.05) is 50.3 Å². The number of rotatable bonds is 2. The molecule has 0 N–H and O–H groups in total. The van der Waals surface area contributed by atoms with Gasteiger partial charge in [-0.05, 0) is 29.7 Å². The summed E-state index contributed by atoms with van der Waals surface area (Å²) in [5, 5.41) is 18.7. The predicted molar refractivity (Wildman–Crippen MR) is 94.1 cm³/mol. The number of nitriles is 2. The fourth-order valence-electron chi connectivity index (χ4n) is 2.67. The molecular formula is C21H16N2O. The van der Waals surface area contributed by atoms with Crippen molar-refractivity contribution in [1.29, 1.82) is 10.5 Å². The highest BCUT2D eigenvalue weighted by Crippen LogP contribution is 2.45. The number of nitrogens with zero attached hydrogens (tertiary/aromatic N) is 2. The smallest absolute Gasteiger partial charge is 0.138 e. The van der Waals surface area contributed by atoms with Gasteiger partial charge in [0.1, 0.15) is 29.2 Å². The molecule has 0 radical (unpaired) electrons. The minimum atomic E-state index is 0.0949. The molecule has 3 heteroatoms. The summed E-state index contributed by atoms with van der Waals surface area (Å²) < 4.78 is 6.01. The van der Waals surface area contributed by atoms with E-state index in [1.165, 1.54) is 0 Å². The van der Waals surface area contributed by atoms with Gasteiger partial charge in [0.2, 0.25) is 0 Å². The van der Waals surface area contributed by atoms with Gasteiger partial charge >= 0.3 is 0 Å². The second kappa shape index (κ2) is 6.44.